The molecule has 31 heavy (non-hydrogen) atoms. The van der Waals surface area contributed by atoms with Crippen LogP contribution in [-0.2, 0) is 16.8 Å². The third-order valence-electron chi connectivity index (χ3n) is 5.88. The molecule has 1 unspecified atom stereocenters. The van der Waals surface area contributed by atoms with E-state index in [4.69, 9.17) is 10.5 Å². The first-order chi connectivity index (χ1) is 14.7. The molecule has 0 aromatic heterocycles. The van der Waals surface area contributed by atoms with Crippen LogP contribution in [0.2, 0.25) is 0 Å². The number of para-hydroxylation sites is 1. The van der Waals surface area contributed by atoms with E-state index < -0.39 is 0 Å². The van der Waals surface area contributed by atoms with Crippen LogP contribution in [0.15, 0.2) is 36.4 Å². The highest BCUT2D eigenvalue weighted by Crippen LogP contribution is 2.36. The fourth-order valence-electron chi connectivity index (χ4n) is 4.18. The van der Waals surface area contributed by atoms with E-state index in [2.05, 4.69) is 64.2 Å². The van der Waals surface area contributed by atoms with Gasteiger partial charge < -0.3 is 15.8 Å². The van der Waals surface area contributed by atoms with Gasteiger partial charge in [-0.15, -0.1) is 0 Å². The number of hydrogen-bond donors (Lipinski definition) is 2. The van der Waals surface area contributed by atoms with E-state index in [9.17, 15) is 4.79 Å². The standard InChI is InChI=1S/C27H40N2O2/c1-7-8-9-12-21(22-13-10-11-19(2)26(22)31-6)17-25(30)29-24-16-20(18-28)14-15-23(24)27(3,4)5/h10-11,13-16,21H,7-9,12,17-18,28H2,1-6H3,(H,29,30). The van der Waals surface area contributed by atoms with E-state index in [-0.39, 0.29) is 17.2 Å². The van der Waals surface area contributed by atoms with Gasteiger partial charge in [0, 0.05) is 18.7 Å². The topological polar surface area (TPSA) is 64.4 Å². The van der Waals surface area contributed by atoms with Crippen LogP contribution in [0.3, 0.4) is 0 Å². The van der Waals surface area contributed by atoms with E-state index in [0.717, 1.165) is 53.0 Å². The van der Waals surface area contributed by atoms with Crippen molar-refractivity contribution in [1.29, 1.82) is 0 Å². The number of nitrogens with one attached hydrogen (secondary N) is 1. The van der Waals surface area contributed by atoms with Crippen molar-refractivity contribution < 1.29 is 9.53 Å². The van der Waals surface area contributed by atoms with Gasteiger partial charge in [-0.05, 0) is 53.0 Å². The minimum Gasteiger partial charge on any atom is -0.496 e. The lowest BCUT2D eigenvalue weighted by Crippen LogP contribution is -2.21. The van der Waals surface area contributed by atoms with Gasteiger partial charge >= 0.3 is 0 Å². The summed E-state index contributed by atoms with van der Waals surface area (Å²) in [6.45, 7) is 11.2. The highest BCUT2D eigenvalue weighted by molar-refractivity contribution is 5.92. The highest BCUT2D eigenvalue weighted by Gasteiger charge is 2.23. The predicted molar refractivity (Wildman–Crippen MR) is 131 cm³/mol. The molecule has 0 fully saturated rings. The minimum atomic E-state index is -0.0734. The number of aryl methyl sites for hydroxylation is 1. The van der Waals surface area contributed by atoms with Crippen molar-refractivity contribution in [3.05, 3.63) is 58.7 Å². The van der Waals surface area contributed by atoms with Crippen LogP contribution < -0.4 is 15.8 Å². The summed E-state index contributed by atoms with van der Waals surface area (Å²) in [6.07, 6.45) is 4.82. The number of carbonyl (C=O) groups is 1. The molecule has 1 atom stereocenters. The summed E-state index contributed by atoms with van der Waals surface area (Å²) in [6, 6.07) is 12.4. The molecule has 0 bridgehead atoms. The number of methoxy groups -OCH3 is 1. The van der Waals surface area contributed by atoms with Crippen molar-refractivity contribution in [2.24, 2.45) is 5.73 Å². The van der Waals surface area contributed by atoms with Gasteiger partial charge in [-0.1, -0.05) is 77.3 Å². The molecule has 0 spiro atoms. The SMILES string of the molecule is CCCCCC(CC(=O)Nc1cc(CN)ccc1C(C)(C)C)c1cccc(C)c1OC. The van der Waals surface area contributed by atoms with E-state index in [0.29, 0.717) is 13.0 Å². The van der Waals surface area contributed by atoms with Gasteiger partial charge in [0.05, 0.1) is 7.11 Å². The van der Waals surface area contributed by atoms with Gasteiger partial charge in [0.25, 0.3) is 0 Å². The summed E-state index contributed by atoms with van der Waals surface area (Å²) in [5.41, 5.74) is 11.0. The number of hydrogen-bond acceptors (Lipinski definition) is 3. The average Bonchev–Trinajstić information content (AvgIpc) is 2.72. The molecule has 1 amide bonds. The summed E-state index contributed by atoms with van der Waals surface area (Å²) in [5, 5.41) is 3.20. The Kier molecular flexibility index (Phi) is 9.12. The fraction of sp³-hybridized carbons (Fsp3) is 0.519. The van der Waals surface area contributed by atoms with Gasteiger partial charge in [-0.2, -0.15) is 0 Å². The molecule has 0 saturated carbocycles. The molecule has 4 nitrogen and oxygen atoms in total. The molecule has 2 aromatic rings. The smallest absolute Gasteiger partial charge is 0.224 e. The zero-order chi connectivity index (χ0) is 23.0. The Labute approximate surface area is 188 Å². The second-order valence-electron chi connectivity index (χ2n) is 9.48. The Balaban J connectivity index is 2.30. The molecule has 0 aliphatic rings. The largest absolute Gasteiger partial charge is 0.496 e. The second kappa shape index (κ2) is 11.3. The van der Waals surface area contributed by atoms with E-state index >= 15 is 0 Å². The van der Waals surface area contributed by atoms with Crippen LogP contribution in [0.25, 0.3) is 0 Å². The maximum atomic E-state index is 13.2. The quantitative estimate of drug-likeness (QED) is 0.431. The molecule has 2 aromatic carbocycles. The van der Waals surface area contributed by atoms with Crippen LogP contribution in [0.4, 0.5) is 5.69 Å². The van der Waals surface area contributed by atoms with E-state index in [1.54, 1.807) is 7.11 Å². The Morgan fingerprint density at radius 3 is 2.52 bits per heavy atom. The number of carbonyl (C=O) groups excluding carboxylic acids is 1. The van der Waals surface area contributed by atoms with Crippen molar-refractivity contribution in [2.75, 3.05) is 12.4 Å². The lowest BCUT2D eigenvalue weighted by Gasteiger charge is -2.25. The number of anilines is 1. The van der Waals surface area contributed by atoms with Crippen molar-refractivity contribution in [3.8, 4) is 5.75 Å². The van der Waals surface area contributed by atoms with Gasteiger partial charge in [0.1, 0.15) is 5.75 Å². The van der Waals surface area contributed by atoms with Crippen LogP contribution >= 0.6 is 0 Å². The van der Waals surface area contributed by atoms with Crippen LogP contribution in [0, 0.1) is 6.92 Å². The molecule has 0 heterocycles. The minimum absolute atomic E-state index is 0.0322. The molecular weight excluding hydrogens is 384 g/mol. The zero-order valence-electron chi connectivity index (χ0n) is 20.2. The molecule has 0 radical (unpaired) electrons. The number of unbranched alkanes of at least 4 members (excludes halogenated alkanes) is 2. The third kappa shape index (κ3) is 6.83. The zero-order valence-corrected chi connectivity index (χ0v) is 20.2. The molecule has 2 rings (SSSR count). The normalized spacial score (nSPS) is 12.5. The lowest BCUT2D eigenvalue weighted by atomic mass is 9.84. The molecule has 3 N–H and O–H groups in total. The van der Waals surface area contributed by atoms with E-state index in [1.807, 2.05) is 12.1 Å². The lowest BCUT2D eigenvalue weighted by molar-refractivity contribution is -0.116. The average molecular weight is 425 g/mol. The predicted octanol–water partition coefficient (Wildman–Crippen LogP) is 6.45. The number of rotatable bonds is 10. The Hall–Kier alpha value is -2.33. The van der Waals surface area contributed by atoms with Gasteiger partial charge in [0.2, 0.25) is 5.91 Å². The Morgan fingerprint density at radius 1 is 1.16 bits per heavy atom. The number of benzene rings is 2. The van der Waals surface area contributed by atoms with Gasteiger partial charge in [0.15, 0.2) is 0 Å². The van der Waals surface area contributed by atoms with Gasteiger partial charge in [-0.25, -0.2) is 0 Å². The molecule has 0 saturated heterocycles. The molecule has 170 valence electrons. The highest BCUT2D eigenvalue weighted by atomic mass is 16.5. The summed E-state index contributed by atoms with van der Waals surface area (Å²) in [7, 11) is 1.71. The van der Waals surface area contributed by atoms with Crippen molar-refractivity contribution in [3.63, 3.8) is 0 Å². The van der Waals surface area contributed by atoms with Crippen molar-refractivity contribution in [1.82, 2.24) is 0 Å². The Bertz CT molecular complexity index is 868. The van der Waals surface area contributed by atoms with Crippen LogP contribution in [0.5, 0.6) is 5.75 Å². The Morgan fingerprint density at radius 2 is 1.90 bits per heavy atom. The summed E-state index contributed by atoms with van der Waals surface area (Å²) in [5.74, 6) is 1.05. The summed E-state index contributed by atoms with van der Waals surface area (Å²) >= 11 is 0. The summed E-state index contributed by atoms with van der Waals surface area (Å²) < 4.78 is 5.71. The van der Waals surface area contributed by atoms with Gasteiger partial charge in [-0.3, -0.25) is 4.79 Å². The third-order valence-corrected chi connectivity index (χ3v) is 5.88. The second-order valence-corrected chi connectivity index (χ2v) is 9.48. The fourth-order valence-corrected chi connectivity index (χ4v) is 4.18. The van der Waals surface area contributed by atoms with Crippen molar-refractivity contribution in [2.45, 2.75) is 84.6 Å². The molecule has 0 aliphatic carbocycles. The number of ether oxygens (including phenoxy) is 1. The first-order valence-electron chi connectivity index (χ1n) is 11.5. The first kappa shape index (κ1) is 24.9. The van der Waals surface area contributed by atoms with E-state index in [1.165, 1.54) is 6.42 Å². The van der Waals surface area contributed by atoms with Crippen LogP contribution in [0.1, 0.15) is 88.0 Å². The number of amides is 1. The van der Waals surface area contributed by atoms with Crippen molar-refractivity contribution >= 4 is 11.6 Å². The first-order valence-corrected chi connectivity index (χ1v) is 11.5. The van der Waals surface area contributed by atoms with Crippen LogP contribution in [-0.4, -0.2) is 13.0 Å². The maximum Gasteiger partial charge on any atom is 0.224 e. The maximum absolute atomic E-state index is 13.2. The summed E-state index contributed by atoms with van der Waals surface area (Å²) in [4.78, 5) is 13.2. The molecular formula is C27H40N2O2. The molecule has 0 aliphatic heterocycles. The monoisotopic (exact) mass is 424 g/mol. The number of nitrogens with two attached hydrogens (primary N) is 1. The molecule has 4 heteroatoms.